The molecule has 0 bridgehead atoms. The van der Waals surface area contributed by atoms with E-state index in [4.69, 9.17) is 25.8 Å². The number of unbranched alkanes of at least 4 members (excludes halogenated alkanes) is 26. The Hall–Kier alpha value is -1.19. The average Bonchev–Trinajstić information content (AvgIpc) is 3.08. The molecular weight excluding hydrogens is 664 g/mol. The molecule has 0 amide bonds. The monoisotopic (exact) mass is 753 g/mol. The first-order valence-corrected chi connectivity index (χ1v) is 20.9. The molecule has 310 valence electrons. The average molecular weight is 754 g/mol. The predicted molar refractivity (Wildman–Crippen MR) is 223 cm³/mol. The van der Waals surface area contributed by atoms with Crippen LogP contribution in [0.5, 0.6) is 0 Å². The fourth-order valence-electron chi connectivity index (χ4n) is 5.57. The Morgan fingerprint density at radius 3 is 1.25 bits per heavy atom. The molecule has 51 heavy (non-hydrogen) atoms. The number of allylic oxidation sites excluding steroid dienone is 1. The Labute approximate surface area is 322 Å². The number of carbonyl (C=O) groups is 2. The van der Waals surface area contributed by atoms with Crippen LogP contribution in [0.1, 0.15) is 213 Å². The molecule has 0 aliphatic heterocycles. The van der Waals surface area contributed by atoms with Crippen molar-refractivity contribution in [2.45, 2.75) is 213 Å². The first-order valence-electron chi connectivity index (χ1n) is 20.9. The molecule has 0 aromatic carbocycles. The number of hydrogen-bond acceptors (Lipinski definition) is 6. The highest BCUT2D eigenvalue weighted by Gasteiger charge is 2.17. The first-order chi connectivity index (χ1) is 23.9. The van der Waals surface area contributed by atoms with Crippen molar-refractivity contribution in [1.82, 2.24) is 6.15 Å². The van der Waals surface area contributed by atoms with E-state index in [0.717, 1.165) is 38.8 Å². The van der Waals surface area contributed by atoms with E-state index in [9.17, 15) is 9.59 Å². The van der Waals surface area contributed by atoms with Gasteiger partial charge in [-0.1, -0.05) is 193 Å². The van der Waals surface area contributed by atoms with Gasteiger partial charge in [-0.15, -0.1) is 12.4 Å². The molecule has 9 heteroatoms. The zero-order valence-corrected chi connectivity index (χ0v) is 34.8. The van der Waals surface area contributed by atoms with Gasteiger partial charge in [0.05, 0.1) is 25.6 Å². The number of halogens is 1. The number of rotatable bonds is 36. The topological polar surface area (TPSA) is 165 Å². The highest BCUT2D eigenvalue weighted by molar-refractivity contribution is 5.85. The molecule has 0 saturated carbocycles. The summed E-state index contributed by atoms with van der Waals surface area (Å²) >= 11 is 0. The molecule has 0 saturated heterocycles. The first kappa shape index (κ1) is 59.1. The zero-order chi connectivity index (χ0) is 36.9. The van der Waals surface area contributed by atoms with Crippen molar-refractivity contribution < 1.29 is 29.6 Å². The maximum absolute atomic E-state index is 10.8. The normalized spacial score (nSPS) is 11.1. The molecule has 0 aromatic rings. The van der Waals surface area contributed by atoms with Crippen molar-refractivity contribution in [3.63, 3.8) is 0 Å². The second-order valence-electron chi connectivity index (χ2n) is 13.7. The second kappa shape index (κ2) is 55.6. The van der Waals surface area contributed by atoms with Crippen LogP contribution in [-0.4, -0.2) is 53.6 Å². The van der Waals surface area contributed by atoms with E-state index in [2.05, 4.69) is 20.8 Å². The lowest BCUT2D eigenvalue weighted by molar-refractivity contribution is -0.146. The number of nitrogens with two attached hydrogens (primary N) is 1. The molecule has 0 spiro atoms. The Morgan fingerprint density at radius 1 is 0.569 bits per heavy atom. The van der Waals surface area contributed by atoms with Crippen LogP contribution in [0.2, 0.25) is 0 Å². The summed E-state index contributed by atoms with van der Waals surface area (Å²) in [7, 11) is 0. The van der Waals surface area contributed by atoms with Crippen molar-refractivity contribution >= 4 is 24.3 Å². The lowest BCUT2D eigenvalue weighted by Crippen LogP contribution is -2.15. The minimum Gasteiger partial charge on any atom is -0.481 e. The van der Waals surface area contributed by atoms with Gasteiger partial charge in [0.2, 0.25) is 0 Å². The van der Waals surface area contributed by atoms with Crippen LogP contribution in [0.15, 0.2) is 12.2 Å². The van der Waals surface area contributed by atoms with Crippen molar-refractivity contribution in [1.29, 1.82) is 0 Å². The van der Waals surface area contributed by atoms with Crippen molar-refractivity contribution in [2.24, 2.45) is 11.7 Å². The lowest BCUT2D eigenvalue weighted by atomic mass is 10.0. The minimum atomic E-state index is -1.07. The predicted octanol–water partition coefficient (Wildman–Crippen LogP) is 12.6. The van der Waals surface area contributed by atoms with E-state index in [1.54, 1.807) is 6.08 Å². The fourth-order valence-corrected chi connectivity index (χ4v) is 5.57. The molecule has 0 aliphatic carbocycles. The number of carboxylic acids is 2. The Morgan fingerprint density at radius 2 is 0.922 bits per heavy atom. The summed E-state index contributed by atoms with van der Waals surface area (Å²) in [4.78, 5) is 21.3. The molecule has 0 rings (SSSR count). The lowest BCUT2D eigenvalue weighted by Gasteiger charge is -2.03. The highest BCUT2D eigenvalue weighted by Crippen LogP contribution is 2.13. The fraction of sp³-hybridized carbons (Fsp3) is 0.905. The number of aliphatic hydroxyl groups is 1. The van der Waals surface area contributed by atoms with Crippen LogP contribution >= 0.6 is 12.4 Å². The maximum Gasteiger partial charge on any atom is 0.310 e. The number of aliphatic hydroxyl groups excluding tert-OH is 1. The van der Waals surface area contributed by atoms with E-state index < -0.39 is 17.9 Å². The van der Waals surface area contributed by atoms with Gasteiger partial charge in [0.15, 0.2) is 0 Å². The van der Waals surface area contributed by atoms with Gasteiger partial charge in [-0.2, -0.15) is 0 Å². The molecule has 8 N–H and O–H groups in total. The SMILES string of the molecule is CCCCCCCCCCC=CC(CC(=O)O)C(=O)O.CCCCCCCCCCCCN.CCCCCCCCCCCCOCCO.Cl.N. The van der Waals surface area contributed by atoms with E-state index in [1.165, 1.54) is 167 Å². The largest absolute Gasteiger partial charge is 0.481 e. The Bertz CT molecular complexity index is 645. The summed E-state index contributed by atoms with van der Waals surface area (Å²) in [5, 5.41) is 26.0. The van der Waals surface area contributed by atoms with Crippen molar-refractivity contribution in [3.8, 4) is 0 Å². The number of aliphatic carboxylic acids is 2. The Balaban J connectivity index is -0.000000208. The second-order valence-corrected chi connectivity index (χ2v) is 13.7. The van der Waals surface area contributed by atoms with Gasteiger partial charge in [-0.3, -0.25) is 9.59 Å². The molecule has 1 atom stereocenters. The minimum absolute atomic E-state index is 0. The molecular formula is C42H89ClN2O6. The van der Waals surface area contributed by atoms with Crippen LogP contribution in [0.3, 0.4) is 0 Å². The number of hydrogen-bond donors (Lipinski definition) is 5. The van der Waals surface area contributed by atoms with Gasteiger partial charge in [0, 0.05) is 6.61 Å². The van der Waals surface area contributed by atoms with Gasteiger partial charge in [0.1, 0.15) is 0 Å². The zero-order valence-electron chi connectivity index (χ0n) is 34.0. The quantitative estimate of drug-likeness (QED) is 0.0311. The van der Waals surface area contributed by atoms with E-state index in [1.807, 2.05) is 0 Å². The summed E-state index contributed by atoms with van der Waals surface area (Å²) in [6.07, 6.45) is 41.2. The molecule has 0 heterocycles. The molecule has 0 radical (unpaired) electrons. The smallest absolute Gasteiger partial charge is 0.310 e. The van der Waals surface area contributed by atoms with E-state index in [-0.39, 0.29) is 31.6 Å². The van der Waals surface area contributed by atoms with Gasteiger partial charge in [-0.25, -0.2) is 0 Å². The third-order valence-corrected chi connectivity index (χ3v) is 8.74. The van der Waals surface area contributed by atoms with Crippen LogP contribution in [0.25, 0.3) is 0 Å². The molecule has 0 fully saturated rings. The van der Waals surface area contributed by atoms with Crippen LogP contribution < -0.4 is 11.9 Å². The van der Waals surface area contributed by atoms with Gasteiger partial charge < -0.3 is 31.9 Å². The summed E-state index contributed by atoms with van der Waals surface area (Å²) in [6, 6.07) is 0. The van der Waals surface area contributed by atoms with Crippen LogP contribution in [-0.2, 0) is 14.3 Å². The molecule has 8 nitrogen and oxygen atoms in total. The molecule has 0 aromatic heterocycles. The molecule has 1 unspecified atom stereocenters. The Kier molecular flexibility index (Phi) is 64.4. The number of carboxylic acid groups (broad SMARTS) is 2. The molecule has 0 aliphatic rings. The maximum atomic E-state index is 10.8. The summed E-state index contributed by atoms with van der Waals surface area (Å²) in [6.45, 7) is 9.08. The van der Waals surface area contributed by atoms with E-state index in [0.29, 0.717) is 6.61 Å². The van der Waals surface area contributed by atoms with Crippen LogP contribution in [0, 0.1) is 5.92 Å². The van der Waals surface area contributed by atoms with Crippen molar-refractivity contribution in [3.05, 3.63) is 12.2 Å². The summed E-state index contributed by atoms with van der Waals surface area (Å²) in [5.41, 5.74) is 5.42. The van der Waals surface area contributed by atoms with Crippen molar-refractivity contribution in [2.75, 3.05) is 26.4 Å². The van der Waals surface area contributed by atoms with Crippen LogP contribution in [0.4, 0.5) is 0 Å². The number of ether oxygens (including phenoxy) is 1. The third kappa shape index (κ3) is 61.2. The van der Waals surface area contributed by atoms with Gasteiger partial charge in [-0.05, 0) is 32.2 Å². The van der Waals surface area contributed by atoms with Gasteiger partial charge >= 0.3 is 11.9 Å². The van der Waals surface area contributed by atoms with E-state index >= 15 is 0 Å². The summed E-state index contributed by atoms with van der Waals surface area (Å²) < 4.78 is 5.20. The highest BCUT2D eigenvalue weighted by atomic mass is 35.5. The standard InChI is InChI=1S/C16H28O4.C14H30O2.C12H27N.ClH.H3N/c1-2-3-4-5-6-7-8-9-10-11-12-14(16(19)20)13-15(17)18;1-2-3-4-5-6-7-8-9-10-11-13-16-14-12-15;1-2-3-4-5-6-7-8-9-10-11-12-13;;/h11-12,14H,2-10,13H2,1H3,(H,17,18)(H,19,20);15H,2-14H2,1H3;2-13H2,1H3;1H;1H3. The summed E-state index contributed by atoms with van der Waals surface area (Å²) in [5.74, 6) is -3.05. The third-order valence-electron chi connectivity index (χ3n) is 8.74. The van der Waals surface area contributed by atoms with Gasteiger partial charge in [0.25, 0.3) is 0 Å².